The van der Waals surface area contributed by atoms with Gasteiger partial charge in [0, 0.05) is 29.7 Å². The van der Waals surface area contributed by atoms with Crippen molar-refractivity contribution in [3.63, 3.8) is 0 Å². The largest absolute Gasteiger partial charge is 0.458 e. The van der Waals surface area contributed by atoms with Gasteiger partial charge >= 0.3 is 11.9 Å². The van der Waals surface area contributed by atoms with E-state index >= 15 is 0 Å². The first-order chi connectivity index (χ1) is 26.5. The number of Topliss-reactive ketones (excluding diaryl/α,β-unsaturated/α-hetero) is 1. The van der Waals surface area contributed by atoms with Gasteiger partial charge < -0.3 is 48.0 Å². The van der Waals surface area contributed by atoms with E-state index < -0.39 is 83.4 Å². The van der Waals surface area contributed by atoms with Crippen LogP contribution in [0.5, 0.6) is 0 Å². The van der Waals surface area contributed by atoms with Crippen molar-refractivity contribution in [1.82, 2.24) is 4.90 Å². The summed E-state index contributed by atoms with van der Waals surface area (Å²) in [6, 6.07) is 9.44. The molecule has 0 radical (unpaired) electrons. The second-order valence-electron chi connectivity index (χ2n) is 17.0. The molecule has 4 aliphatic rings. The van der Waals surface area contributed by atoms with Crippen molar-refractivity contribution in [2.45, 2.75) is 142 Å². The van der Waals surface area contributed by atoms with Crippen molar-refractivity contribution >= 4 is 23.4 Å². The molecule has 2 bridgehead atoms. The lowest BCUT2D eigenvalue weighted by Crippen LogP contribution is -2.60. The first-order valence-corrected chi connectivity index (χ1v) is 20.1. The Morgan fingerprint density at radius 1 is 1.00 bits per heavy atom. The highest BCUT2D eigenvalue weighted by molar-refractivity contribution is 5.87. The molecule has 0 amide bonds. The fourth-order valence-electron chi connectivity index (χ4n) is 9.29. The SMILES string of the molecule is CC[C@H]1OC(=O)[C@H](C)[C@H]2OC/C(=N/OCOCc3ccccc3)CO[C@](C)(C[C@@H](C)C(=O)[C@H](C)[C@@H]3CC(=O)O[C@]13C)[C@H](O[C@@H]1O[C@H](C)C[C@H](N(C)C)[C@H]1O)[C@H]2C. The van der Waals surface area contributed by atoms with Crippen LogP contribution in [0.3, 0.4) is 0 Å². The number of oxime groups is 1. The predicted octanol–water partition coefficient (Wildman–Crippen LogP) is 4.68. The van der Waals surface area contributed by atoms with Gasteiger partial charge in [-0.3, -0.25) is 14.4 Å². The van der Waals surface area contributed by atoms with Crippen LogP contribution in [0.15, 0.2) is 35.5 Å². The molecule has 1 N–H and O–H groups in total. The molecule has 5 rings (SSSR count). The molecule has 4 saturated heterocycles. The number of aliphatic hydroxyl groups excluding tert-OH is 1. The molecule has 0 unspecified atom stereocenters. The van der Waals surface area contributed by atoms with Crippen LogP contribution in [0, 0.1) is 29.6 Å². The lowest BCUT2D eigenvalue weighted by Gasteiger charge is -2.48. The third-order valence-corrected chi connectivity index (χ3v) is 12.4. The summed E-state index contributed by atoms with van der Waals surface area (Å²) in [6.07, 6.45) is -3.65. The molecule has 1 aromatic rings. The van der Waals surface area contributed by atoms with E-state index in [-0.39, 0.29) is 50.8 Å². The maximum Gasteiger partial charge on any atom is 0.311 e. The molecule has 0 aromatic heterocycles. The molecule has 314 valence electrons. The lowest BCUT2D eigenvalue weighted by molar-refractivity contribution is -0.302. The number of hydrogen-bond acceptors (Lipinski definition) is 14. The number of rotatable bonds is 9. The van der Waals surface area contributed by atoms with Crippen molar-refractivity contribution < 1.29 is 57.5 Å². The van der Waals surface area contributed by atoms with Crippen LogP contribution in [0.1, 0.15) is 86.6 Å². The number of esters is 2. The number of cyclic esters (lactones) is 1. The number of ketones is 1. The van der Waals surface area contributed by atoms with Gasteiger partial charge in [0.1, 0.15) is 29.3 Å². The zero-order valence-corrected chi connectivity index (χ0v) is 34.8. The summed E-state index contributed by atoms with van der Waals surface area (Å²) >= 11 is 0. The molecule has 0 aliphatic carbocycles. The third-order valence-electron chi connectivity index (χ3n) is 12.4. The molecule has 14 heteroatoms. The van der Waals surface area contributed by atoms with Gasteiger partial charge in [-0.1, -0.05) is 63.2 Å². The number of aliphatic hydroxyl groups is 1. The third kappa shape index (κ3) is 9.82. The fourth-order valence-corrected chi connectivity index (χ4v) is 9.29. The van der Waals surface area contributed by atoms with E-state index in [1.165, 1.54) is 0 Å². The van der Waals surface area contributed by atoms with Gasteiger partial charge in [0.2, 0.25) is 6.79 Å². The van der Waals surface area contributed by atoms with E-state index in [1.54, 1.807) is 13.8 Å². The molecule has 14 atom stereocenters. The van der Waals surface area contributed by atoms with Crippen molar-refractivity contribution in [3.05, 3.63) is 35.9 Å². The lowest BCUT2D eigenvalue weighted by atomic mass is 9.70. The number of carbonyl (C=O) groups excluding carboxylic acids is 3. The maximum atomic E-state index is 14.5. The van der Waals surface area contributed by atoms with E-state index in [0.29, 0.717) is 25.2 Å². The quantitative estimate of drug-likeness (QED) is 0.159. The average Bonchev–Trinajstić information content (AvgIpc) is 3.49. The Hall–Kier alpha value is -2.98. The topological polar surface area (TPSA) is 161 Å². The second-order valence-corrected chi connectivity index (χ2v) is 17.0. The summed E-state index contributed by atoms with van der Waals surface area (Å²) in [5.74, 6) is -4.24. The van der Waals surface area contributed by atoms with Gasteiger partial charge in [0.15, 0.2) is 6.29 Å². The number of hydrogen-bond donors (Lipinski definition) is 1. The first-order valence-electron chi connectivity index (χ1n) is 20.1. The highest BCUT2D eigenvalue weighted by atomic mass is 16.7. The van der Waals surface area contributed by atoms with Crippen LogP contribution in [-0.2, 0) is 59.0 Å². The first kappa shape index (κ1) is 44.1. The van der Waals surface area contributed by atoms with Crippen LogP contribution >= 0.6 is 0 Å². The van der Waals surface area contributed by atoms with E-state index in [2.05, 4.69) is 5.16 Å². The van der Waals surface area contributed by atoms with Crippen LogP contribution < -0.4 is 0 Å². The van der Waals surface area contributed by atoms with Crippen LogP contribution in [0.4, 0.5) is 0 Å². The molecule has 0 saturated carbocycles. The number of carbonyl (C=O) groups is 3. The predicted molar refractivity (Wildman–Crippen MR) is 205 cm³/mol. The monoisotopic (exact) mass is 788 g/mol. The minimum atomic E-state index is -1.23. The van der Waals surface area contributed by atoms with Crippen molar-refractivity contribution in [2.24, 2.45) is 34.7 Å². The highest BCUT2D eigenvalue weighted by Gasteiger charge is 2.57. The molecule has 1 aromatic carbocycles. The standard InChI is InChI=1S/C42H64N2O12/c1-11-33-42(8)31(18-34(45)56-42)26(4)35(46)24(2)19-41(7)38(55-40-36(47)32(44(9)10)17-25(3)53-40)27(5)37(28(6)39(48)54-33)50-21-30(22-51-41)43-52-23-49-20-29-15-13-12-14-16-29/h12-16,24-28,31-33,36-38,40,47H,11,17-23H2,1-10H3/b43-30-/t24-,25-,26-,27+,28-,31+,32+,33-,36-,37+,38-,40+,41-,42+/m1/s1. The highest BCUT2D eigenvalue weighted by Crippen LogP contribution is 2.46. The zero-order chi connectivity index (χ0) is 40.9. The summed E-state index contributed by atoms with van der Waals surface area (Å²) in [5, 5.41) is 16.0. The van der Waals surface area contributed by atoms with Gasteiger partial charge in [-0.05, 0) is 66.6 Å². The fraction of sp³-hybridized carbons (Fsp3) is 0.762. The Balaban J connectivity index is 1.54. The molecule has 4 fully saturated rings. The number of ether oxygens (including phenoxy) is 7. The molecular weight excluding hydrogens is 724 g/mol. The second kappa shape index (κ2) is 18.7. The van der Waals surface area contributed by atoms with E-state index in [4.69, 9.17) is 38.0 Å². The number of nitrogens with zero attached hydrogens (tertiary/aromatic N) is 2. The average molecular weight is 789 g/mol. The molecule has 0 spiro atoms. The minimum absolute atomic E-state index is 0.0268. The summed E-state index contributed by atoms with van der Waals surface area (Å²) in [5.41, 5.74) is -1.06. The van der Waals surface area contributed by atoms with E-state index in [1.807, 2.05) is 90.9 Å². The smallest absolute Gasteiger partial charge is 0.311 e. The molecule has 4 heterocycles. The molecule has 14 nitrogen and oxygen atoms in total. The Morgan fingerprint density at radius 3 is 2.39 bits per heavy atom. The van der Waals surface area contributed by atoms with Gasteiger partial charge in [-0.2, -0.15) is 0 Å². The summed E-state index contributed by atoms with van der Waals surface area (Å²) in [6.45, 7) is 14.9. The molecule has 56 heavy (non-hydrogen) atoms. The van der Waals surface area contributed by atoms with Crippen LogP contribution in [0.2, 0.25) is 0 Å². The summed E-state index contributed by atoms with van der Waals surface area (Å²) in [4.78, 5) is 49.2. The van der Waals surface area contributed by atoms with Gasteiger partial charge in [0.05, 0.1) is 56.1 Å². The van der Waals surface area contributed by atoms with Crippen LogP contribution in [-0.4, -0.2) is 122 Å². The Morgan fingerprint density at radius 2 is 1.71 bits per heavy atom. The minimum Gasteiger partial charge on any atom is -0.458 e. The molecular formula is C42H64N2O12. The molecule has 4 aliphatic heterocycles. The Bertz CT molecular complexity index is 1530. The maximum absolute atomic E-state index is 14.5. The summed E-state index contributed by atoms with van der Waals surface area (Å²) in [7, 11) is 3.81. The van der Waals surface area contributed by atoms with Crippen LogP contribution in [0.25, 0.3) is 0 Å². The zero-order valence-electron chi connectivity index (χ0n) is 34.8. The normalized spacial score (nSPS) is 40.9. The van der Waals surface area contributed by atoms with Gasteiger partial charge in [-0.25, -0.2) is 0 Å². The van der Waals surface area contributed by atoms with Crippen molar-refractivity contribution in [2.75, 3.05) is 34.1 Å². The summed E-state index contributed by atoms with van der Waals surface area (Å²) < 4.78 is 44.5. The van der Waals surface area contributed by atoms with E-state index in [0.717, 1.165) is 5.56 Å². The number of likely N-dealkylation sites (N-methyl/N-ethyl adjacent to an activating group) is 1. The van der Waals surface area contributed by atoms with Gasteiger partial charge in [-0.15, -0.1) is 0 Å². The van der Waals surface area contributed by atoms with Gasteiger partial charge in [0.25, 0.3) is 0 Å². The van der Waals surface area contributed by atoms with Crippen molar-refractivity contribution in [1.29, 1.82) is 0 Å². The number of benzene rings is 1. The van der Waals surface area contributed by atoms with Crippen molar-refractivity contribution in [3.8, 4) is 0 Å². The Labute approximate surface area is 331 Å². The Kier molecular flexibility index (Phi) is 14.8. The van der Waals surface area contributed by atoms with E-state index in [9.17, 15) is 19.5 Å². The number of fused-ring (bicyclic) bond motifs is 4.